The van der Waals surface area contributed by atoms with Crippen LogP contribution in [-0.2, 0) is 11.3 Å². The molecule has 0 bridgehead atoms. The third-order valence-electron chi connectivity index (χ3n) is 6.09. The summed E-state index contributed by atoms with van der Waals surface area (Å²) in [5.74, 6) is 0. The van der Waals surface area contributed by atoms with Crippen LogP contribution in [0.4, 0.5) is 11.4 Å². The summed E-state index contributed by atoms with van der Waals surface area (Å²) in [6.07, 6.45) is 3.14. The van der Waals surface area contributed by atoms with E-state index >= 15 is 0 Å². The first-order valence-corrected chi connectivity index (χ1v) is 11.3. The average Bonchev–Trinajstić information content (AvgIpc) is 2.73. The fourth-order valence-corrected chi connectivity index (χ4v) is 4.68. The molecule has 1 fully saturated rings. The molecule has 2 heterocycles. The Kier molecular flexibility index (Phi) is 6.25. The molecule has 4 rings (SSSR count). The number of aromatic nitrogens is 1. The normalized spacial score (nSPS) is 18.8. The third-order valence-corrected chi connectivity index (χ3v) is 6.58. The van der Waals surface area contributed by atoms with Gasteiger partial charge >= 0.3 is 5.69 Å². The molecule has 1 aliphatic rings. The van der Waals surface area contributed by atoms with Crippen molar-refractivity contribution in [1.82, 2.24) is 4.98 Å². The molecule has 31 heavy (non-hydrogen) atoms. The summed E-state index contributed by atoms with van der Waals surface area (Å²) < 4.78 is 6.65. The molecule has 0 aliphatic carbocycles. The number of anilines is 1. The van der Waals surface area contributed by atoms with Crippen LogP contribution in [0.3, 0.4) is 0 Å². The summed E-state index contributed by atoms with van der Waals surface area (Å²) in [5.41, 5.74) is 5.00. The summed E-state index contributed by atoms with van der Waals surface area (Å²) in [6.45, 7) is 7.49. The average molecular weight is 484 g/mol. The van der Waals surface area contributed by atoms with E-state index in [1.54, 1.807) is 0 Å². The number of nitrogens with zero attached hydrogens (tertiary/aromatic N) is 3. The quantitative estimate of drug-likeness (QED) is 0.324. The van der Waals surface area contributed by atoms with Crippen LogP contribution in [0.25, 0.3) is 10.9 Å². The maximum atomic E-state index is 12.1. The van der Waals surface area contributed by atoms with Crippen LogP contribution >= 0.6 is 15.9 Å². The van der Waals surface area contributed by atoms with Crippen molar-refractivity contribution in [1.29, 1.82) is 0 Å². The lowest BCUT2D eigenvalue weighted by Gasteiger charge is -2.38. The molecule has 0 amide bonds. The summed E-state index contributed by atoms with van der Waals surface area (Å²) in [4.78, 5) is 18.3. The molecule has 7 heteroatoms. The number of pyridine rings is 1. The van der Waals surface area contributed by atoms with Crippen molar-refractivity contribution >= 4 is 38.2 Å². The number of fused-ring (bicyclic) bond motifs is 1. The van der Waals surface area contributed by atoms with Gasteiger partial charge in [0.1, 0.15) is 11.9 Å². The van der Waals surface area contributed by atoms with Crippen LogP contribution in [0.15, 0.2) is 47.1 Å². The minimum absolute atomic E-state index is 0.0357. The van der Waals surface area contributed by atoms with Gasteiger partial charge in [0, 0.05) is 29.1 Å². The molecule has 0 radical (unpaired) electrons. The van der Waals surface area contributed by atoms with Crippen molar-refractivity contribution in [3.63, 3.8) is 0 Å². The van der Waals surface area contributed by atoms with E-state index in [9.17, 15) is 10.1 Å². The summed E-state index contributed by atoms with van der Waals surface area (Å²) >= 11 is 3.53. The lowest BCUT2D eigenvalue weighted by Crippen LogP contribution is -2.42. The van der Waals surface area contributed by atoms with E-state index in [0.717, 1.165) is 33.8 Å². The zero-order valence-corrected chi connectivity index (χ0v) is 19.6. The Morgan fingerprint density at radius 1 is 1.23 bits per heavy atom. The first-order chi connectivity index (χ1) is 14.8. The molecule has 2 atom stereocenters. The molecule has 2 aromatic carbocycles. The van der Waals surface area contributed by atoms with E-state index in [-0.39, 0.29) is 22.8 Å². The Morgan fingerprint density at radius 2 is 2.03 bits per heavy atom. The van der Waals surface area contributed by atoms with E-state index in [4.69, 9.17) is 4.74 Å². The van der Waals surface area contributed by atoms with Crippen molar-refractivity contribution in [2.24, 2.45) is 0 Å². The van der Waals surface area contributed by atoms with Crippen molar-refractivity contribution in [2.45, 2.75) is 52.3 Å². The summed E-state index contributed by atoms with van der Waals surface area (Å²) in [7, 11) is 0. The molecule has 0 saturated carbocycles. The molecular formula is C24H26BrN3O3. The van der Waals surface area contributed by atoms with Crippen molar-refractivity contribution in [3.05, 3.63) is 73.9 Å². The molecule has 1 aromatic heterocycles. The predicted octanol–water partition coefficient (Wildman–Crippen LogP) is 6.10. The topological polar surface area (TPSA) is 68.5 Å². The van der Waals surface area contributed by atoms with Crippen LogP contribution < -0.4 is 4.90 Å². The summed E-state index contributed by atoms with van der Waals surface area (Å²) in [6, 6.07) is 12.3. The molecule has 1 saturated heterocycles. The second-order valence-electron chi connectivity index (χ2n) is 8.32. The number of nitro groups is 1. The predicted molar refractivity (Wildman–Crippen MR) is 127 cm³/mol. The van der Waals surface area contributed by atoms with Crippen LogP contribution in [0.5, 0.6) is 0 Å². The molecule has 6 nitrogen and oxygen atoms in total. The highest BCUT2D eigenvalue weighted by atomic mass is 79.9. The number of ether oxygens (including phenoxy) is 1. The van der Waals surface area contributed by atoms with Gasteiger partial charge < -0.3 is 9.64 Å². The van der Waals surface area contributed by atoms with Gasteiger partial charge in [0.25, 0.3) is 0 Å². The smallest absolute Gasteiger partial charge is 0.311 e. The molecule has 0 spiro atoms. The SMILES string of the molecule is Cc1ccc(CN(c2c([N+](=O)[O-])cnc3ccc(Br)cc23)[C@@H]2CCO[C@H](C)C2)cc1C. The number of aryl methyl sites for hydroxylation is 2. The lowest BCUT2D eigenvalue weighted by molar-refractivity contribution is -0.384. The number of benzene rings is 2. The Labute approximate surface area is 190 Å². The largest absolute Gasteiger partial charge is 0.378 e. The minimum Gasteiger partial charge on any atom is -0.378 e. The van der Waals surface area contributed by atoms with Gasteiger partial charge in [0.15, 0.2) is 0 Å². The highest BCUT2D eigenvalue weighted by Crippen LogP contribution is 2.40. The van der Waals surface area contributed by atoms with Crippen molar-refractivity contribution in [2.75, 3.05) is 11.5 Å². The highest BCUT2D eigenvalue weighted by Gasteiger charge is 2.32. The van der Waals surface area contributed by atoms with E-state index in [1.807, 2.05) is 18.2 Å². The Hall–Kier alpha value is -2.51. The third kappa shape index (κ3) is 4.57. The second-order valence-corrected chi connectivity index (χ2v) is 9.23. The summed E-state index contributed by atoms with van der Waals surface area (Å²) in [5, 5.41) is 12.8. The van der Waals surface area contributed by atoms with E-state index in [1.165, 1.54) is 17.3 Å². The second kappa shape index (κ2) is 8.93. The Bertz CT molecular complexity index is 1130. The number of halogens is 1. The molecule has 3 aromatic rings. The highest BCUT2D eigenvalue weighted by molar-refractivity contribution is 9.10. The van der Waals surface area contributed by atoms with Crippen LogP contribution in [-0.4, -0.2) is 28.7 Å². The Balaban J connectivity index is 1.90. The zero-order valence-electron chi connectivity index (χ0n) is 18.0. The fraction of sp³-hybridized carbons (Fsp3) is 0.375. The monoisotopic (exact) mass is 483 g/mol. The number of rotatable bonds is 5. The van der Waals surface area contributed by atoms with Gasteiger partial charge in [0.2, 0.25) is 0 Å². The zero-order chi connectivity index (χ0) is 22.1. The molecular weight excluding hydrogens is 458 g/mol. The molecule has 0 unspecified atom stereocenters. The van der Waals surface area contributed by atoms with Gasteiger partial charge in [-0.25, -0.2) is 4.98 Å². The van der Waals surface area contributed by atoms with Crippen molar-refractivity contribution in [3.8, 4) is 0 Å². The number of hydrogen-bond donors (Lipinski definition) is 0. The maximum Gasteiger partial charge on any atom is 0.311 e. The first kappa shape index (κ1) is 21.7. The van der Waals surface area contributed by atoms with E-state index in [0.29, 0.717) is 18.8 Å². The van der Waals surface area contributed by atoms with E-state index < -0.39 is 0 Å². The van der Waals surface area contributed by atoms with Gasteiger partial charge in [0.05, 0.1) is 16.5 Å². The van der Waals surface area contributed by atoms with E-state index in [2.05, 4.69) is 64.8 Å². The molecule has 0 N–H and O–H groups in total. The van der Waals surface area contributed by atoms with Gasteiger partial charge in [-0.1, -0.05) is 34.1 Å². The fourth-order valence-electron chi connectivity index (χ4n) is 4.32. The molecule has 1 aliphatic heterocycles. The minimum atomic E-state index is -0.321. The van der Waals surface area contributed by atoms with Gasteiger partial charge in [-0.15, -0.1) is 0 Å². The number of hydrogen-bond acceptors (Lipinski definition) is 5. The molecule has 162 valence electrons. The van der Waals surface area contributed by atoms with Crippen molar-refractivity contribution < 1.29 is 9.66 Å². The standard InChI is InChI=1S/C24H26BrN3O3/c1-15-4-5-18(10-16(15)2)14-27(20-8-9-31-17(3)11-20)24-21-12-19(25)6-7-22(21)26-13-23(24)28(29)30/h4-7,10,12-13,17,20H,8-9,11,14H2,1-3H3/t17-,20-/m1/s1. The van der Waals surface area contributed by atoms with Crippen LogP contribution in [0, 0.1) is 24.0 Å². The Morgan fingerprint density at radius 3 is 2.74 bits per heavy atom. The van der Waals surface area contributed by atoms with Gasteiger partial charge in [-0.2, -0.15) is 0 Å². The maximum absolute atomic E-state index is 12.1. The van der Waals surface area contributed by atoms with Gasteiger partial charge in [-0.05, 0) is 68.5 Å². The van der Waals surface area contributed by atoms with Gasteiger partial charge in [-0.3, -0.25) is 10.1 Å². The van der Waals surface area contributed by atoms with Crippen LogP contribution in [0.1, 0.15) is 36.5 Å². The first-order valence-electron chi connectivity index (χ1n) is 10.5. The van der Waals surface area contributed by atoms with Crippen LogP contribution in [0.2, 0.25) is 0 Å². The lowest BCUT2D eigenvalue weighted by atomic mass is 9.98.